The first-order valence-electron chi connectivity index (χ1n) is 7.73. The summed E-state index contributed by atoms with van der Waals surface area (Å²) in [6.45, 7) is 0.544. The third kappa shape index (κ3) is 4.08. The third-order valence-electron chi connectivity index (χ3n) is 3.59. The molecular formula is C18H17N5O2. The molecule has 3 rings (SSSR count). The van der Waals surface area contributed by atoms with E-state index in [-0.39, 0.29) is 17.5 Å². The zero-order valence-corrected chi connectivity index (χ0v) is 13.6. The largest absolute Gasteiger partial charge is 0.355 e. The molecule has 0 saturated heterocycles. The van der Waals surface area contributed by atoms with Gasteiger partial charge in [-0.1, -0.05) is 35.5 Å². The van der Waals surface area contributed by atoms with Gasteiger partial charge in [-0.2, -0.15) is 0 Å². The van der Waals surface area contributed by atoms with Gasteiger partial charge in [-0.3, -0.25) is 9.59 Å². The second kappa shape index (κ2) is 7.39. The first kappa shape index (κ1) is 16.4. The number of nitrogens with one attached hydrogen (secondary N) is 2. The van der Waals surface area contributed by atoms with Crippen molar-refractivity contribution >= 4 is 17.5 Å². The van der Waals surface area contributed by atoms with Gasteiger partial charge >= 0.3 is 0 Å². The highest BCUT2D eigenvalue weighted by Gasteiger charge is 2.12. The van der Waals surface area contributed by atoms with Gasteiger partial charge in [0.05, 0.1) is 12.7 Å². The molecule has 0 radical (unpaired) electrons. The highest BCUT2D eigenvalue weighted by atomic mass is 16.2. The minimum Gasteiger partial charge on any atom is -0.355 e. The normalized spacial score (nSPS) is 10.3. The molecule has 2 aromatic carbocycles. The molecule has 126 valence electrons. The van der Waals surface area contributed by atoms with Gasteiger partial charge in [-0.15, -0.1) is 5.10 Å². The second-order valence-electron chi connectivity index (χ2n) is 5.40. The lowest BCUT2D eigenvalue weighted by molar-refractivity contribution is 0.0962. The number of hydrogen-bond acceptors (Lipinski definition) is 4. The van der Waals surface area contributed by atoms with Crippen molar-refractivity contribution in [1.82, 2.24) is 20.3 Å². The summed E-state index contributed by atoms with van der Waals surface area (Å²) < 4.78 is 1.61. The van der Waals surface area contributed by atoms with E-state index in [4.69, 9.17) is 0 Å². The number of anilines is 1. The first-order valence-corrected chi connectivity index (χ1v) is 7.73. The molecule has 7 heteroatoms. The van der Waals surface area contributed by atoms with Crippen LogP contribution in [0.15, 0.2) is 60.8 Å². The maximum atomic E-state index is 12.2. The third-order valence-corrected chi connectivity index (χ3v) is 3.59. The monoisotopic (exact) mass is 335 g/mol. The summed E-state index contributed by atoms with van der Waals surface area (Å²) in [4.78, 5) is 23.8. The summed E-state index contributed by atoms with van der Waals surface area (Å²) in [5, 5.41) is 13.2. The summed E-state index contributed by atoms with van der Waals surface area (Å²) in [5.74, 6) is -0.534. The summed E-state index contributed by atoms with van der Waals surface area (Å²) in [6.07, 6.45) is 1.60. The van der Waals surface area contributed by atoms with Crippen LogP contribution in [0.1, 0.15) is 26.4 Å². The van der Waals surface area contributed by atoms with Crippen LogP contribution in [0, 0.1) is 0 Å². The molecule has 0 fully saturated rings. The number of carbonyl (C=O) groups excluding carboxylic acids is 2. The molecule has 0 atom stereocenters. The molecule has 0 aliphatic rings. The number of amides is 2. The maximum absolute atomic E-state index is 12.2. The van der Waals surface area contributed by atoms with Crippen molar-refractivity contribution < 1.29 is 9.59 Å². The minimum atomic E-state index is -0.355. The molecule has 3 aromatic rings. The van der Waals surface area contributed by atoms with Gasteiger partial charge in [0, 0.05) is 18.3 Å². The van der Waals surface area contributed by atoms with Gasteiger partial charge in [0.2, 0.25) is 0 Å². The maximum Gasteiger partial charge on any atom is 0.277 e. The first-order chi connectivity index (χ1) is 12.2. The van der Waals surface area contributed by atoms with Crippen LogP contribution in [0.25, 0.3) is 0 Å². The van der Waals surface area contributed by atoms with Crippen LogP contribution < -0.4 is 10.6 Å². The van der Waals surface area contributed by atoms with Crippen molar-refractivity contribution in [3.8, 4) is 0 Å². The summed E-state index contributed by atoms with van der Waals surface area (Å²) in [7, 11) is 1.57. The summed E-state index contributed by atoms with van der Waals surface area (Å²) in [6, 6.07) is 16.4. The standard InChI is InChI=1S/C18H17N5O2/c1-19-17(24)14-7-9-15(10-8-14)20-18(25)16-12-23(22-21-16)11-13-5-3-2-4-6-13/h2-10,12H,11H2,1H3,(H,19,24)(H,20,25). The van der Waals surface area contributed by atoms with E-state index >= 15 is 0 Å². The Balaban J connectivity index is 1.64. The molecule has 25 heavy (non-hydrogen) atoms. The van der Waals surface area contributed by atoms with E-state index < -0.39 is 0 Å². The van der Waals surface area contributed by atoms with Crippen molar-refractivity contribution in [2.75, 3.05) is 12.4 Å². The Bertz CT molecular complexity index is 872. The molecule has 0 bridgehead atoms. The predicted molar refractivity (Wildman–Crippen MR) is 93.4 cm³/mol. The Morgan fingerprint density at radius 3 is 2.40 bits per heavy atom. The molecule has 0 saturated carbocycles. The highest BCUT2D eigenvalue weighted by Crippen LogP contribution is 2.11. The smallest absolute Gasteiger partial charge is 0.277 e. The van der Waals surface area contributed by atoms with E-state index in [1.54, 1.807) is 42.2 Å². The molecule has 1 heterocycles. The van der Waals surface area contributed by atoms with Crippen molar-refractivity contribution in [2.45, 2.75) is 6.54 Å². The van der Waals surface area contributed by atoms with E-state index in [0.29, 0.717) is 17.8 Å². The fraction of sp³-hybridized carbons (Fsp3) is 0.111. The molecule has 2 N–H and O–H groups in total. The van der Waals surface area contributed by atoms with Crippen LogP contribution >= 0.6 is 0 Å². The number of rotatable bonds is 5. The summed E-state index contributed by atoms with van der Waals surface area (Å²) >= 11 is 0. The van der Waals surface area contributed by atoms with Crippen molar-refractivity contribution in [1.29, 1.82) is 0 Å². The number of nitrogens with zero attached hydrogens (tertiary/aromatic N) is 3. The lowest BCUT2D eigenvalue weighted by Crippen LogP contribution is -2.18. The van der Waals surface area contributed by atoms with E-state index in [0.717, 1.165) is 5.56 Å². The number of benzene rings is 2. The van der Waals surface area contributed by atoms with E-state index in [1.807, 2.05) is 30.3 Å². The molecule has 0 aliphatic carbocycles. The van der Waals surface area contributed by atoms with Gasteiger partial charge in [-0.25, -0.2) is 4.68 Å². The quantitative estimate of drug-likeness (QED) is 0.746. The molecule has 2 amide bonds. The van der Waals surface area contributed by atoms with Crippen LogP contribution in [-0.2, 0) is 6.54 Å². The topological polar surface area (TPSA) is 88.9 Å². The second-order valence-corrected chi connectivity index (χ2v) is 5.40. The molecule has 0 aliphatic heterocycles. The Labute approximate surface area is 144 Å². The van der Waals surface area contributed by atoms with Crippen molar-refractivity contribution in [2.24, 2.45) is 0 Å². The molecule has 0 spiro atoms. The minimum absolute atomic E-state index is 0.179. The van der Waals surface area contributed by atoms with Gasteiger partial charge in [-0.05, 0) is 29.8 Å². The Kier molecular flexibility index (Phi) is 4.84. The van der Waals surface area contributed by atoms with Gasteiger partial charge in [0.15, 0.2) is 5.69 Å². The Hall–Kier alpha value is -3.48. The van der Waals surface area contributed by atoms with E-state index in [9.17, 15) is 9.59 Å². The fourth-order valence-electron chi connectivity index (χ4n) is 2.29. The fourth-order valence-corrected chi connectivity index (χ4v) is 2.29. The van der Waals surface area contributed by atoms with Crippen LogP contribution in [0.4, 0.5) is 5.69 Å². The van der Waals surface area contributed by atoms with Gasteiger partial charge in [0.25, 0.3) is 11.8 Å². The SMILES string of the molecule is CNC(=O)c1ccc(NC(=O)c2cn(Cc3ccccc3)nn2)cc1. The molecule has 1 aromatic heterocycles. The van der Waals surface area contributed by atoms with Crippen molar-refractivity contribution in [3.63, 3.8) is 0 Å². The number of carbonyl (C=O) groups is 2. The van der Waals surface area contributed by atoms with Crippen LogP contribution in [0.2, 0.25) is 0 Å². The lowest BCUT2D eigenvalue weighted by Gasteiger charge is -2.04. The number of aromatic nitrogens is 3. The molecule has 7 nitrogen and oxygen atoms in total. The van der Waals surface area contributed by atoms with Gasteiger partial charge in [0.1, 0.15) is 0 Å². The predicted octanol–water partition coefficient (Wildman–Crippen LogP) is 1.94. The van der Waals surface area contributed by atoms with E-state index in [1.165, 1.54) is 0 Å². The molecular weight excluding hydrogens is 318 g/mol. The molecule has 0 unspecified atom stereocenters. The number of hydrogen-bond donors (Lipinski definition) is 2. The van der Waals surface area contributed by atoms with Crippen molar-refractivity contribution in [3.05, 3.63) is 77.6 Å². The van der Waals surface area contributed by atoms with Gasteiger partial charge < -0.3 is 10.6 Å². The summed E-state index contributed by atoms with van der Waals surface area (Å²) in [5.41, 5.74) is 2.40. The van der Waals surface area contributed by atoms with E-state index in [2.05, 4.69) is 20.9 Å². The average molecular weight is 335 g/mol. The average Bonchev–Trinajstić information content (AvgIpc) is 3.11. The zero-order valence-electron chi connectivity index (χ0n) is 13.6. The Morgan fingerprint density at radius 1 is 1.00 bits per heavy atom. The Morgan fingerprint density at radius 2 is 1.72 bits per heavy atom. The lowest BCUT2D eigenvalue weighted by atomic mass is 10.2. The zero-order chi connectivity index (χ0) is 17.6. The van der Waals surface area contributed by atoms with Crippen LogP contribution in [0.5, 0.6) is 0 Å². The van der Waals surface area contributed by atoms with Crippen LogP contribution in [-0.4, -0.2) is 33.9 Å². The van der Waals surface area contributed by atoms with Crippen LogP contribution in [0.3, 0.4) is 0 Å². The highest BCUT2D eigenvalue weighted by molar-refractivity contribution is 6.03.